The van der Waals surface area contributed by atoms with Crippen LogP contribution in [0.1, 0.15) is 118 Å². The number of carbonyl (C=O) groups is 1. The molecule has 1 radical (unpaired) electrons. The van der Waals surface area contributed by atoms with E-state index in [1.54, 1.807) is 11.3 Å². The first kappa shape index (κ1) is 41.9. The molecule has 2 aromatic carbocycles. The molecule has 0 atom stereocenters. The Morgan fingerprint density at radius 2 is 1.60 bits per heavy atom. The summed E-state index contributed by atoms with van der Waals surface area (Å²) >= 11 is 3.71. The second-order valence-electron chi connectivity index (χ2n) is 16.2. The average Bonchev–Trinajstić information content (AvgIpc) is 3.80. The normalized spacial score (nSPS) is 12.9. The van der Waals surface area contributed by atoms with Gasteiger partial charge in [0.2, 0.25) is 0 Å². The van der Waals surface area contributed by atoms with Crippen molar-refractivity contribution in [2.45, 2.75) is 121 Å². The first-order chi connectivity index (χ1) is 24.0. The second kappa shape index (κ2) is 16.3. The van der Waals surface area contributed by atoms with Gasteiger partial charge in [0.1, 0.15) is 16.9 Å². The Morgan fingerprint density at radius 3 is 2.19 bits per heavy atom. The number of allylic oxidation sites excluding steroid dienone is 2. The molecule has 4 aromatic heterocycles. The van der Waals surface area contributed by atoms with Gasteiger partial charge < -0.3 is 9.52 Å². The van der Waals surface area contributed by atoms with Crippen molar-refractivity contribution in [1.29, 1.82) is 0 Å². The van der Waals surface area contributed by atoms with Crippen molar-refractivity contribution in [3.8, 4) is 11.3 Å². The van der Waals surface area contributed by atoms with Gasteiger partial charge in [0.15, 0.2) is 5.78 Å². The molecule has 0 aliphatic heterocycles. The summed E-state index contributed by atoms with van der Waals surface area (Å²) in [6.45, 7) is 25.7. The number of rotatable bonds is 10. The smallest absolute Gasteiger partial charge is 0.164 e. The number of pyridine rings is 1. The average molecular weight is 915 g/mol. The SMILES string of the molecule is CCC(C)(CC)C(=O)/C=C(\O)C(C)(CC)CC.Cc1c(CC(C)C)sc2cc3c(cc12)oc1ccnc(-c2[c-]c4ccsc4c(C(C)(C)C)c2)c13.[Ir]. The summed E-state index contributed by atoms with van der Waals surface area (Å²) in [5, 5.41) is 17.0. The molecule has 0 aliphatic rings. The van der Waals surface area contributed by atoms with Crippen molar-refractivity contribution in [3.63, 3.8) is 0 Å². The fraction of sp³-hybridized carbons (Fsp3) is 0.467. The maximum atomic E-state index is 12.2. The summed E-state index contributed by atoms with van der Waals surface area (Å²) < 4.78 is 9.03. The summed E-state index contributed by atoms with van der Waals surface area (Å²) in [4.78, 5) is 18.5. The first-order valence-corrected chi connectivity index (χ1v) is 20.3. The third-order valence-corrected chi connectivity index (χ3v) is 13.5. The molecule has 0 fully saturated rings. The number of nitrogens with zero attached hydrogens (tertiary/aromatic N) is 1. The van der Waals surface area contributed by atoms with Crippen molar-refractivity contribution in [1.82, 2.24) is 4.98 Å². The Balaban J connectivity index is 0.000000289. The Bertz CT molecular complexity index is 2220. The number of hydrogen-bond donors (Lipinski definition) is 1. The van der Waals surface area contributed by atoms with Crippen LogP contribution in [0.3, 0.4) is 0 Å². The zero-order valence-corrected chi connectivity index (χ0v) is 37.1. The second-order valence-corrected chi connectivity index (χ2v) is 18.2. The molecule has 6 aromatic rings. The fourth-order valence-corrected chi connectivity index (χ4v) is 9.15. The minimum Gasteiger partial charge on any atom is -0.512 e. The van der Waals surface area contributed by atoms with Crippen LogP contribution in [0.25, 0.3) is 53.4 Å². The van der Waals surface area contributed by atoms with Crippen LogP contribution in [0.2, 0.25) is 0 Å². The number of aliphatic hydroxyl groups is 1. The van der Waals surface area contributed by atoms with Crippen molar-refractivity contribution < 1.29 is 34.4 Å². The zero-order chi connectivity index (χ0) is 37.5. The van der Waals surface area contributed by atoms with Crippen LogP contribution >= 0.6 is 22.7 Å². The predicted molar refractivity (Wildman–Crippen MR) is 222 cm³/mol. The van der Waals surface area contributed by atoms with E-state index in [4.69, 9.17) is 9.40 Å². The third kappa shape index (κ3) is 8.14. The van der Waals surface area contributed by atoms with Crippen LogP contribution < -0.4 is 0 Å². The van der Waals surface area contributed by atoms with E-state index in [1.165, 1.54) is 36.9 Å². The molecule has 4 nitrogen and oxygen atoms in total. The third-order valence-electron chi connectivity index (χ3n) is 11.3. The molecule has 0 aliphatic carbocycles. The van der Waals surface area contributed by atoms with E-state index in [0.717, 1.165) is 70.7 Å². The van der Waals surface area contributed by atoms with Crippen LogP contribution in [-0.4, -0.2) is 15.9 Å². The van der Waals surface area contributed by atoms with Gasteiger partial charge in [-0.05, 0) is 89.6 Å². The van der Waals surface area contributed by atoms with E-state index in [9.17, 15) is 9.90 Å². The molecule has 0 bridgehead atoms. The van der Waals surface area contributed by atoms with Gasteiger partial charge in [-0.1, -0.05) is 87.3 Å². The molecule has 1 N–H and O–H groups in total. The van der Waals surface area contributed by atoms with E-state index in [-0.39, 0.29) is 47.9 Å². The van der Waals surface area contributed by atoms with Gasteiger partial charge in [-0.25, -0.2) is 0 Å². The molecule has 0 amide bonds. The topological polar surface area (TPSA) is 63.3 Å². The number of benzene rings is 2. The number of thiophene rings is 2. The van der Waals surface area contributed by atoms with E-state index in [0.29, 0.717) is 5.92 Å². The molecule has 0 saturated heterocycles. The fourth-order valence-electron chi connectivity index (χ4n) is 6.63. The number of ketones is 1. The van der Waals surface area contributed by atoms with Crippen LogP contribution in [0, 0.1) is 29.7 Å². The quantitative estimate of drug-likeness (QED) is 0.0845. The van der Waals surface area contributed by atoms with E-state index >= 15 is 0 Å². The van der Waals surface area contributed by atoms with Crippen LogP contribution in [0.5, 0.6) is 0 Å². The maximum absolute atomic E-state index is 12.2. The number of aryl methyl sites for hydroxylation is 1. The van der Waals surface area contributed by atoms with Crippen molar-refractivity contribution in [2.24, 2.45) is 16.7 Å². The molecule has 0 unspecified atom stereocenters. The van der Waals surface area contributed by atoms with Crippen molar-refractivity contribution in [3.05, 3.63) is 75.8 Å². The van der Waals surface area contributed by atoms with Gasteiger partial charge in [-0.15, -0.1) is 34.9 Å². The number of furan rings is 1. The molecule has 6 rings (SSSR count). The molecule has 7 heteroatoms. The standard InChI is InChI=1S/C30H28NOS2.C15H28O2.Ir/c1-16(2)11-25-17(3)20-14-24-21(15-26(20)34-25)27-23(32-24)7-9-31-28(27)19-12-18-8-10-33-29(18)22(13-19)30(4,5)6;1-7-14(5,8-2)12(16)11-13(17)15(6,9-3)10-4;/h7-10,13-16H,11H2,1-6H3;11,16H,7-10H2,1-6H3;/q-1;;/b;12-11-;. The first-order valence-electron chi connectivity index (χ1n) is 18.6. The Labute approximate surface area is 332 Å². The van der Waals surface area contributed by atoms with E-state index < -0.39 is 0 Å². The monoisotopic (exact) mass is 915 g/mol. The molecule has 0 spiro atoms. The number of fused-ring (bicyclic) bond motifs is 5. The maximum Gasteiger partial charge on any atom is 0.164 e. The Kier molecular flexibility index (Phi) is 13.1. The number of hydrogen-bond acceptors (Lipinski definition) is 6. The van der Waals surface area contributed by atoms with E-state index in [1.807, 2.05) is 65.1 Å². The van der Waals surface area contributed by atoms with Crippen LogP contribution in [0.4, 0.5) is 0 Å². The van der Waals surface area contributed by atoms with E-state index in [2.05, 4.69) is 77.3 Å². The summed E-state index contributed by atoms with van der Waals surface area (Å²) in [6, 6.07) is 14.6. The number of aromatic nitrogens is 1. The summed E-state index contributed by atoms with van der Waals surface area (Å²) in [5.41, 5.74) is 5.96. The Hall–Kier alpha value is -2.83. The van der Waals surface area contributed by atoms with Crippen molar-refractivity contribution >= 4 is 70.6 Å². The van der Waals surface area contributed by atoms with Gasteiger partial charge in [-0.2, -0.15) is 11.3 Å². The summed E-state index contributed by atoms with van der Waals surface area (Å²) in [5.74, 6) is 0.930. The molecule has 52 heavy (non-hydrogen) atoms. The molecular formula is C45H56IrNO3S2-. The van der Waals surface area contributed by atoms with Gasteiger partial charge >= 0.3 is 0 Å². The molecule has 4 heterocycles. The summed E-state index contributed by atoms with van der Waals surface area (Å²) in [7, 11) is 0. The van der Waals surface area contributed by atoms with Gasteiger partial charge in [0.25, 0.3) is 0 Å². The minimum atomic E-state index is -0.337. The Morgan fingerprint density at radius 1 is 0.942 bits per heavy atom. The van der Waals surface area contributed by atoms with Gasteiger partial charge in [0.05, 0.1) is 0 Å². The largest absolute Gasteiger partial charge is 0.512 e. The molecular weight excluding hydrogens is 859 g/mol. The number of aliphatic hydroxyl groups excluding tert-OH is 1. The van der Waals surface area contributed by atoms with Crippen LogP contribution in [-0.2, 0) is 36.7 Å². The number of carbonyl (C=O) groups excluding carboxylic acids is 1. The van der Waals surface area contributed by atoms with Gasteiger partial charge in [0, 0.05) is 69.3 Å². The minimum absolute atomic E-state index is 0. The summed E-state index contributed by atoms with van der Waals surface area (Å²) in [6.07, 6.45) is 7.73. The van der Waals surface area contributed by atoms with Crippen molar-refractivity contribution in [2.75, 3.05) is 0 Å². The zero-order valence-electron chi connectivity index (χ0n) is 33.1. The van der Waals surface area contributed by atoms with Gasteiger partial charge in [-0.3, -0.25) is 9.78 Å². The molecule has 281 valence electrons. The predicted octanol–water partition coefficient (Wildman–Crippen LogP) is 14.3. The van der Waals surface area contributed by atoms with Crippen LogP contribution in [0.15, 0.2) is 58.2 Å². The molecule has 0 saturated carbocycles.